The molecule has 0 saturated carbocycles. The minimum atomic E-state index is -0.995. The van der Waals surface area contributed by atoms with Gasteiger partial charge in [0.15, 0.2) is 0 Å². The number of esters is 1. The number of carboxylic acid groups (broad SMARTS) is 1. The second-order valence-corrected chi connectivity index (χ2v) is 5.96. The predicted molar refractivity (Wildman–Crippen MR) is 88.1 cm³/mol. The van der Waals surface area contributed by atoms with E-state index in [1.54, 1.807) is 48.8 Å². The molecular weight excluding hydrogens is 362 g/mol. The van der Waals surface area contributed by atoms with Crippen molar-refractivity contribution < 1.29 is 19.4 Å². The van der Waals surface area contributed by atoms with Crippen molar-refractivity contribution >= 4 is 27.9 Å². The summed E-state index contributed by atoms with van der Waals surface area (Å²) in [6, 6.07) is 10.5. The van der Waals surface area contributed by atoms with E-state index in [0.29, 0.717) is 11.1 Å². The summed E-state index contributed by atoms with van der Waals surface area (Å²) >= 11 is 3.33. The average Bonchev–Trinajstić information content (AvgIpc) is 2.56. The third-order valence-electron chi connectivity index (χ3n) is 3.62. The molecule has 0 amide bonds. The van der Waals surface area contributed by atoms with E-state index in [9.17, 15) is 14.7 Å². The van der Waals surface area contributed by atoms with Crippen molar-refractivity contribution in [1.29, 1.82) is 0 Å². The van der Waals surface area contributed by atoms with Gasteiger partial charge in [0.1, 0.15) is 0 Å². The number of aliphatic carboxylic acids is 1. The smallest absolute Gasteiger partial charge is 0.311 e. The summed E-state index contributed by atoms with van der Waals surface area (Å²) in [7, 11) is 1.29. The third kappa shape index (κ3) is 4.39. The lowest BCUT2D eigenvalue weighted by molar-refractivity contribution is -0.142. The quantitative estimate of drug-likeness (QED) is 0.781. The number of ether oxygens (including phenoxy) is 1. The molecule has 0 aliphatic carbocycles. The first-order valence-corrected chi connectivity index (χ1v) is 7.77. The van der Waals surface area contributed by atoms with Gasteiger partial charge in [0.05, 0.1) is 19.4 Å². The molecule has 0 bridgehead atoms. The van der Waals surface area contributed by atoms with Crippen LogP contribution in [0.4, 0.5) is 0 Å². The first kappa shape index (κ1) is 17.1. The highest BCUT2D eigenvalue weighted by Gasteiger charge is 2.33. The molecule has 2 rings (SSSR count). The van der Waals surface area contributed by atoms with Crippen molar-refractivity contribution in [3.8, 4) is 0 Å². The van der Waals surface area contributed by atoms with Crippen molar-refractivity contribution in [2.45, 2.75) is 18.3 Å². The highest BCUT2D eigenvalue weighted by Crippen LogP contribution is 2.36. The van der Waals surface area contributed by atoms with E-state index in [1.165, 1.54) is 7.11 Å². The fourth-order valence-corrected chi connectivity index (χ4v) is 2.77. The van der Waals surface area contributed by atoms with Gasteiger partial charge in [0.2, 0.25) is 0 Å². The Labute approximate surface area is 142 Å². The number of rotatable bonds is 6. The number of aromatic nitrogens is 1. The van der Waals surface area contributed by atoms with E-state index in [1.807, 2.05) is 0 Å². The molecule has 0 radical (unpaired) electrons. The Morgan fingerprint density at radius 3 is 2.43 bits per heavy atom. The van der Waals surface area contributed by atoms with Gasteiger partial charge in [0.25, 0.3) is 0 Å². The number of methoxy groups -OCH3 is 1. The summed E-state index contributed by atoms with van der Waals surface area (Å²) < 4.78 is 5.58. The third-order valence-corrected chi connectivity index (χ3v) is 4.15. The lowest BCUT2D eigenvalue weighted by Crippen LogP contribution is -2.23. The fraction of sp³-hybridized carbons (Fsp3) is 0.235. The molecule has 5 nitrogen and oxygen atoms in total. The van der Waals surface area contributed by atoms with Crippen LogP contribution in [0.5, 0.6) is 0 Å². The van der Waals surface area contributed by atoms with Crippen LogP contribution in [0.3, 0.4) is 0 Å². The Morgan fingerprint density at radius 2 is 1.91 bits per heavy atom. The first-order chi connectivity index (χ1) is 11.0. The number of carboxylic acids is 1. The lowest BCUT2D eigenvalue weighted by atomic mass is 9.80. The van der Waals surface area contributed by atoms with Gasteiger partial charge in [-0.2, -0.15) is 0 Å². The number of nitrogens with zero attached hydrogens (tertiary/aromatic N) is 1. The Kier molecular flexibility index (Phi) is 5.87. The molecular formula is C17H16BrNO4. The second kappa shape index (κ2) is 7.87. The van der Waals surface area contributed by atoms with Gasteiger partial charge in [-0.3, -0.25) is 14.6 Å². The maximum Gasteiger partial charge on any atom is 0.311 e. The molecule has 0 saturated heterocycles. The van der Waals surface area contributed by atoms with Crippen LogP contribution in [0, 0.1) is 0 Å². The normalized spacial score (nSPS) is 13.1. The molecule has 0 spiro atoms. The molecule has 1 aromatic heterocycles. The topological polar surface area (TPSA) is 76.5 Å². The minimum Gasteiger partial charge on any atom is -0.481 e. The standard InChI is InChI=1S/C17H16BrNO4/c1-23-15(20)9-14(12-3-2-8-19-10-12)16(17(21)22)11-4-6-13(18)7-5-11/h2-8,10,14,16H,9H2,1H3,(H,21,22)/t14-,16+/m0/s1. The van der Waals surface area contributed by atoms with Gasteiger partial charge in [-0.05, 0) is 29.3 Å². The number of hydrogen-bond acceptors (Lipinski definition) is 4. The number of carbonyl (C=O) groups is 2. The van der Waals surface area contributed by atoms with Crippen molar-refractivity contribution in [2.75, 3.05) is 7.11 Å². The van der Waals surface area contributed by atoms with Crippen LogP contribution in [0.25, 0.3) is 0 Å². The Bertz CT molecular complexity index is 673. The van der Waals surface area contributed by atoms with Crippen LogP contribution in [0.2, 0.25) is 0 Å². The van der Waals surface area contributed by atoms with E-state index in [2.05, 4.69) is 20.9 Å². The molecule has 0 fully saturated rings. The molecule has 0 aliphatic rings. The van der Waals surface area contributed by atoms with Crippen LogP contribution in [0.1, 0.15) is 29.4 Å². The monoisotopic (exact) mass is 377 g/mol. The van der Waals surface area contributed by atoms with E-state index in [-0.39, 0.29) is 6.42 Å². The summed E-state index contributed by atoms with van der Waals surface area (Å²) in [6.07, 6.45) is 3.16. The van der Waals surface area contributed by atoms with Crippen LogP contribution < -0.4 is 0 Å². The van der Waals surface area contributed by atoms with Crippen molar-refractivity contribution in [2.24, 2.45) is 0 Å². The summed E-state index contributed by atoms with van der Waals surface area (Å²) in [4.78, 5) is 27.7. The summed E-state index contributed by atoms with van der Waals surface area (Å²) in [6.45, 7) is 0. The van der Waals surface area contributed by atoms with Gasteiger partial charge < -0.3 is 9.84 Å². The van der Waals surface area contributed by atoms with E-state index in [4.69, 9.17) is 4.74 Å². The number of pyridine rings is 1. The molecule has 1 N–H and O–H groups in total. The van der Waals surface area contributed by atoms with Crippen molar-refractivity contribution in [1.82, 2.24) is 4.98 Å². The van der Waals surface area contributed by atoms with Crippen LogP contribution >= 0.6 is 15.9 Å². The number of hydrogen-bond donors (Lipinski definition) is 1. The highest BCUT2D eigenvalue weighted by atomic mass is 79.9. The highest BCUT2D eigenvalue weighted by molar-refractivity contribution is 9.10. The Balaban J connectivity index is 2.46. The molecule has 1 heterocycles. The van der Waals surface area contributed by atoms with Gasteiger partial charge in [0, 0.05) is 22.8 Å². The van der Waals surface area contributed by atoms with Crippen molar-refractivity contribution in [3.63, 3.8) is 0 Å². The Hall–Kier alpha value is -2.21. The molecule has 120 valence electrons. The number of benzene rings is 1. The predicted octanol–water partition coefficient (Wildman–Crippen LogP) is 3.36. The minimum absolute atomic E-state index is 0.0325. The molecule has 23 heavy (non-hydrogen) atoms. The first-order valence-electron chi connectivity index (χ1n) is 6.98. The maximum absolute atomic E-state index is 11.9. The zero-order valence-electron chi connectivity index (χ0n) is 12.5. The summed E-state index contributed by atoms with van der Waals surface area (Å²) in [5, 5.41) is 9.73. The van der Waals surface area contributed by atoms with Crippen LogP contribution in [0.15, 0.2) is 53.3 Å². The zero-order chi connectivity index (χ0) is 16.8. The van der Waals surface area contributed by atoms with Crippen molar-refractivity contribution in [3.05, 3.63) is 64.4 Å². The molecule has 2 atom stereocenters. The summed E-state index contributed by atoms with van der Waals surface area (Å²) in [5.41, 5.74) is 1.31. The maximum atomic E-state index is 11.9. The van der Waals surface area contributed by atoms with Gasteiger partial charge in [-0.15, -0.1) is 0 Å². The van der Waals surface area contributed by atoms with Gasteiger partial charge in [-0.25, -0.2) is 0 Å². The van der Waals surface area contributed by atoms with Gasteiger partial charge in [-0.1, -0.05) is 34.1 Å². The largest absolute Gasteiger partial charge is 0.481 e. The van der Waals surface area contributed by atoms with E-state index >= 15 is 0 Å². The Morgan fingerprint density at radius 1 is 1.22 bits per heavy atom. The molecule has 2 aromatic rings. The van der Waals surface area contributed by atoms with Gasteiger partial charge >= 0.3 is 11.9 Å². The molecule has 0 aliphatic heterocycles. The summed E-state index contributed by atoms with van der Waals surface area (Å²) in [5.74, 6) is -2.88. The van der Waals surface area contributed by atoms with E-state index < -0.39 is 23.8 Å². The number of carbonyl (C=O) groups excluding carboxylic acids is 1. The van der Waals surface area contributed by atoms with Crippen LogP contribution in [-0.2, 0) is 14.3 Å². The fourth-order valence-electron chi connectivity index (χ4n) is 2.50. The average molecular weight is 378 g/mol. The SMILES string of the molecule is COC(=O)C[C@@H](c1cccnc1)[C@H](C(=O)O)c1ccc(Br)cc1. The zero-order valence-corrected chi connectivity index (χ0v) is 14.1. The molecule has 0 unspecified atom stereocenters. The van der Waals surface area contributed by atoms with Crippen LogP contribution in [-0.4, -0.2) is 29.1 Å². The van der Waals surface area contributed by atoms with E-state index in [0.717, 1.165) is 4.47 Å². The second-order valence-electron chi connectivity index (χ2n) is 5.04. The molecule has 6 heteroatoms. The number of halogens is 1. The molecule has 1 aromatic carbocycles. The lowest BCUT2D eigenvalue weighted by Gasteiger charge is -2.24.